The lowest BCUT2D eigenvalue weighted by Gasteiger charge is -2.24. The van der Waals surface area contributed by atoms with Gasteiger partial charge in [-0.05, 0) is 37.9 Å². The molecular formula is C16H22N2O2S2. The highest BCUT2D eigenvalue weighted by Crippen LogP contribution is 2.32. The molecule has 0 amide bonds. The first kappa shape index (κ1) is 17.1. The standard InChI is InChI=1S/C16H22N2O2S2/c1-9(2)15-17-10(3)13(22-15)11(4)18(5)8-12-6-7-21-14(12)16(19)20/h6-7,9,11H,8H2,1-5H3,(H,19,20)/t11-/m0/s1. The van der Waals surface area contributed by atoms with E-state index in [1.807, 2.05) is 18.5 Å². The first-order valence-electron chi connectivity index (χ1n) is 7.28. The largest absolute Gasteiger partial charge is 0.477 e. The van der Waals surface area contributed by atoms with Gasteiger partial charge in [-0.25, -0.2) is 9.78 Å². The van der Waals surface area contributed by atoms with Gasteiger partial charge in [0.25, 0.3) is 0 Å². The van der Waals surface area contributed by atoms with E-state index in [4.69, 9.17) is 0 Å². The van der Waals surface area contributed by atoms with Crippen LogP contribution in [0.4, 0.5) is 0 Å². The molecule has 0 fully saturated rings. The highest BCUT2D eigenvalue weighted by Gasteiger charge is 2.21. The Kier molecular flexibility index (Phi) is 5.36. The zero-order chi connectivity index (χ0) is 16.4. The molecule has 0 aliphatic heterocycles. The minimum Gasteiger partial charge on any atom is -0.477 e. The molecule has 0 aliphatic rings. The van der Waals surface area contributed by atoms with E-state index in [0.717, 1.165) is 16.3 Å². The highest BCUT2D eigenvalue weighted by molar-refractivity contribution is 7.12. The molecule has 1 atom stereocenters. The topological polar surface area (TPSA) is 53.4 Å². The van der Waals surface area contributed by atoms with Crippen molar-refractivity contribution in [2.45, 2.75) is 46.2 Å². The third-order valence-corrected chi connectivity index (χ3v) is 6.32. The molecule has 2 aromatic heterocycles. The molecule has 0 spiro atoms. The van der Waals surface area contributed by atoms with Gasteiger partial charge in [0, 0.05) is 23.4 Å². The second kappa shape index (κ2) is 6.89. The summed E-state index contributed by atoms with van der Waals surface area (Å²) in [6, 6.07) is 2.11. The molecule has 4 nitrogen and oxygen atoms in total. The average Bonchev–Trinajstić information content (AvgIpc) is 3.04. The zero-order valence-electron chi connectivity index (χ0n) is 13.6. The van der Waals surface area contributed by atoms with E-state index in [2.05, 4.69) is 37.6 Å². The molecule has 2 aromatic rings. The number of hydrogen-bond donors (Lipinski definition) is 1. The number of thiophene rings is 1. The van der Waals surface area contributed by atoms with Gasteiger partial charge < -0.3 is 5.11 Å². The summed E-state index contributed by atoms with van der Waals surface area (Å²) < 4.78 is 0. The second-order valence-corrected chi connectivity index (χ2v) is 7.81. The lowest BCUT2D eigenvalue weighted by Crippen LogP contribution is -2.22. The van der Waals surface area contributed by atoms with Crippen molar-refractivity contribution in [2.24, 2.45) is 0 Å². The van der Waals surface area contributed by atoms with Crippen molar-refractivity contribution in [1.29, 1.82) is 0 Å². The van der Waals surface area contributed by atoms with Crippen LogP contribution in [0.25, 0.3) is 0 Å². The minimum absolute atomic E-state index is 0.214. The van der Waals surface area contributed by atoms with Crippen molar-refractivity contribution in [1.82, 2.24) is 9.88 Å². The van der Waals surface area contributed by atoms with Crippen molar-refractivity contribution < 1.29 is 9.90 Å². The smallest absolute Gasteiger partial charge is 0.346 e. The van der Waals surface area contributed by atoms with Crippen LogP contribution in [-0.4, -0.2) is 28.0 Å². The van der Waals surface area contributed by atoms with Gasteiger partial charge in [0.1, 0.15) is 4.88 Å². The van der Waals surface area contributed by atoms with Gasteiger partial charge in [0.2, 0.25) is 0 Å². The van der Waals surface area contributed by atoms with E-state index in [9.17, 15) is 9.90 Å². The van der Waals surface area contributed by atoms with Gasteiger partial charge in [0.15, 0.2) is 0 Å². The molecule has 0 saturated carbocycles. The van der Waals surface area contributed by atoms with Crippen LogP contribution in [-0.2, 0) is 6.54 Å². The van der Waals surface area contributed by atoms with E-state index in [1.165, 1.54) is 16.2 Å². The van der Waals surface area contributed by atoms with Crippen molar-refractivity contribution in [2.75, 3.05) is 7.05 Å². The van der Waals surface area contributed by atoms with E-state index >= 15 is 0 Å². The number of aromatic nitrogens is 1. The molecule has 0 bridgehead atoms. The average molecular weight is 338 g/mol. The maximum Gasteiger partial charge on any atom is 0.346 e. The van der Waals surface area contributed by atoms with Crippen LogP contribution in [0, 0.1) is 6.92 Å². The molecule has 0 saturated heterocycles. The maximum absolute atomic E-state index is 11.2. The molecule has 6 heteroatoms. The van der Waals surface area contributed by atoms with Crippen LogP contribution in [0.3, 0.4) is 0 Å². The van der Waals surface area contributed by atoms with Crippen LogP contribution < -0.4 is 0 Å². The Labute approximate surface area is 139 Å². The summed E-state index contributed by atoms with van der Waals surface area (Å²) >= 11 is 3.04. The van der Waals surface area contributed by atoms with Crippen molar-refractivity contribution in [3.8, 4) is 0 Å². The second-order valence-electron chi connectivity index (χ2n) is 5.83. The molecule has 120 valence electrons. The number of carbonyl (C=O) groups is 1. The van der Waals surface area contributed by atoms with Gasteiger partial charge >= 0.3 is 5.97 Å². The summed E-state index contributed by atoms with van der Waals surface area (Å²) in [7, 11) is 2.03. The first-order valence-corrected chi connectivity index (χ1v) is 8.98. The van der Waals surface area contributed by atoms with Crippen LogP contribution >= 0.6 is 22.7 Å². The molecule has 2 heterocycles. The van der Waals surface area contributed by atoms with E-state index in [1.54, 1.807) is 11.3 Å². The lowest BCUT2D eigenvalue weighted by molar-refractivity contribution is 0.0700. The summed E-state index contributed by atoms with van der Waals surface area (Å²) in [6.45, 7) is 9.13. The molecule has 0 aromatic carbocycles. The number of rotatable bonds is 6. The maximum atomic E-state index is 11.2. The van der Waals surface area contributed by atoms with Crippen molar-refractivity contribution in [3.05, 3.63) is 37.5 Å². The molecule has 0 aliphatic carbocycles. The Balaban J connectivity index is 2.17. The van der Waals surface area contributed by atoms with E-state index in [0.29, 0.717) is 17.3 Å². The SMILES string of the molecule is Cc1nc(C(C)C)sc1[C@H](C)N(C)Cc1ccsc1C(=O)O. The Morgan fingerprint density at radius 1 is 1.41 bits per heavy atom. The number of hydrogen-bond acceptors (Lipinski definition) is 5. The predicted octanol–water partition coefficient (Wildman–Crippen LogP) is 4.53. The fraction of sp³-hybridized carbons (Fsp3) is 0.500. The summed E-state index contributed by atoms with van der Waals surface area (Å²) in [5.41, 5.74) is 1.95. The monoisotopic (exact) mass is 338 g/mol. The zero-order valence-corrected chi connectivity index (χ0v) is 15.2. The van der Waals surface area contributed by atoms with Crippen molar-refractivity contribution >= 4 is 28.6 Å². The van der Waals surface area contributed by atoms with Crippen molar-refractivity contribution in [3.63, 3.8) is 0 Å². The summed E-state index contributed by atoms with van der Waals surface area (Å²) in [5, 5.41) is 12.2. The Hall–Kier alpha value is -1.24. The van der Waals surface area contributed by atoms with Crippen LogP contribution in [0.1, 0.15) is 63.5 Å². The minimum atomic E-state index is -0.845. The van der Waals surface area contributed by atoms with Gasteiger partial charge in [-0.15, -0.1) is 22.7 Å². The Morgan fingerprint density at radius 2 is 2.09 bits per heavy atom. The number of nitrogens with zero attached hydrogens (tertiary/aromatic N) is 2. The fourth-order valence-corrected chi connectivity index (χ4v) is 4.26. The summed E-state index contributed by atoms with van der Waals surface area (Å²) in [5.74, 6) is -0.410. The lowest BCUT2D eigenvalue weighted by atomic mass is 10.1. The highest BCUT2D eigenvalue weighted by atomic mass is 32.1. The van der Waals surface area contributed by atoms with E-state index in [-0.39, 0.29) is 6.04 Å². The quantitative estimate of drug-likeness (QED) is 0.841. The van der Waals surface area contributed by atoms with Gasteiger partial charge in [-0.2, -0.15) is 0 Å². The molecular weight excluding hydrogens is 316 g/mol. The normalized spacial score (nSPS) is 13.0. The Morgan fingerprint density at radius 3 is 2.64 bits per heavy atom. The van der Waals surface area contributed by atoms with Gasteiger partial charge in [0.05, 0.1) is 10.7 Å². The van der Waals surface area contributed by atoms with Gasteiger partial charge in [-0.1, -0.05) is 13.8 Å². The first-order chi connectivity index (χ1) is 10.3. The summed E-state index contributed by atoms with van der Waals surface area (Å²) in [4.78, 5) is 19.8. The third-order valence-electron chi connectivity index (χ3n) is 3.74. The molecule has 1 N–H and O–H groups in total. The number of aryl methyl sites for hydroxylation is 1. The molecule has 2 rings (SSSR count). The number of carboxylic acid groups (broad SMARTS) is 1. The van der Waals surface area contributed by atoms with Crippen LogP contribution in [0.5, 0.6) is 0 Å². The predicted molar refractivity (Wildman–Crippen MR) is 92.1 cm³/mol. The number of aromatic carboxylic acids is 1. The fourth-order valence-electron chi connectivity index (χ4n) is 2.32. The van der Waals surface area contributed by atoms with Gasteiger partial charge in [-0.3, -0.25) is 4.90 Å². The number of carboxylic acids is 1. The van der Waals surface area contributed by atoms with Crippen LogP contribution in [0.2, 0.25) is 0 Å². The van der Waals surface area contributed by atoms with E-state index < -0.39 is 5.97 Å². The molecule has 0 unspecified atom stereocenters. The third kappa shape index (κ3) is 3.56. The molecule has 0 radical (unpaired) electrons. The molecule has 22 heavy (non-hydrogen) atoms. The van der Waals surface area contributed by atoms with Crippen LogP contribution in [0.15, 0.2) is 11.4 Å². The summed E-state index contributed by atoms with van der Waals surface area (Å²) in [6.07, 6.45) is 0. The Bertz CT molecular complexity index is 661. The number of thiazole rings is 1.